The lowest BCUT2D eigenvalue weighted by molar-refractivity contribution is 0.296. The van der Waals surface area contributed by atoms with Crippen LogP contribution in [0.15, 0.2) is 0 Å². The molecule has 0 aliphatic heterocycles. The molecule has 108 valence electrons. The van der Waals surface area contributed by atoms with Crippen LogP contribution in [0.25, 0.3) is 0 Å². The summed E-state index contributed by atoms with van der Waals surface area (Å²) in [6.07, 6.45) is 1.82. The van der Waals surface area contributed by atoms with E-state index in [4.69, 9.17) is 16.7 Å². The van der Waals surface area contributed by atoms with Gasteiger partial charge in [-0.1, -0.05) is 6.92 Å². The Bertz CT molecular complexity index is 369. The molecule has 0 fully saturated rings. The molecule has 0 saturated carbocycles. The largest absolute Gasteiger partial charge is 0.396 e. The monoisotopic (exact) mass is 305 g/mol. The number of hydrogen-bond donors (Lipinski definition) is 3. The second-order valence-corrected chi connectivity index (χ2v) is 5.36. The first-order chi connectivity index (χ1) is 9.26. The summed E-state index contributed by atoms with van der Waals surface area (Å²) in [6, 6.07) is 0. The van der Waals surface area contributed by atoms with Crippen LogP contribution in [0, 0.1) is 0 Å². The first kappa shape index (κ1) is 16.3. The number of nitrogens with one attached hydrogen (secondary N) is 2. The number of rotatable bonds is 10. The van der Waals surface area contributed by atoms with Gasteiger partial charge in [0.25, 0.3) is 0 Å². The van der Waals surface area contributed by atoms with Gasteiger partial charge in [-0.2, -0.15) is 26.7 Å². The zero-order chi connectivity index (χ0) is 13.9. The van der Waals surface area contributed by atoms with Crippen molar-refractivity contribution in [2.45, 2.75) is 19.8 Å². The molecule has 0 bridgehead atoms. The lowest BCUT2D eigenvalue weighted by Crippen LogP contribution is -2.11. The SMILES string of the molecule is CCCNc1nc(Cl)nc(NCCSCCCO)n1. The summed E-state index contributed by atoms with van der Waals surface area (Å²) in [5.41, 5.74) is 0. The van der Waals surface area contributed by atoms with Crippen LogP contribution < -0.4 is 10.6 Å². The van der Waals surface area contributed by atoms with Crippen LogP contribution >= 0.6 is 23.4 Å². The fourth-order valence-corrected chi connectivity index (χ4v) is 2.19. The Morgan fingerprint density at radius 1 is 1.11 bits per heavy atom. The number of nitrogens with zero attached hydrogens (tertiary/aromatic N) is 3. The topological polar surface area (TPSA) is 83.0 Å². The Balaban J connectivity index is 2.34. The van der Waals surface area contributed by atoms with E-state index in [2.05, 4.69) is 32.5 Å². The molecule has 0 aliphatic carbocycles. The van der Waals surface area contributed by atoms with Gasteiger partial charge in [0.2, 0.25) is 17.2 Å². The van der Waals surface area contributed by atoms with Gasteiger partial charge >= 0.3 is 0 Å². The van der Waals surface area contributed by atoms with Crippen LogP contribution in [-0.2, 0) is 0 Å². The van der Waals surface area contributed by atoms with E-state index in [1.165, 1.54) is 0 Å². The van der Waals surface area contributed by atoms with Gasteiger partial charge in [-0.25, -0.2) is 0 Å². The van der Waals surface area contributed by atoms with E-state index in [0.29, 0.717) is 11.9 Å². The van der Waals surface area contributed by atoms with Gasteiger partial charge in [0.1, 0.15) is 0 Å². The highest BCUT2D eigenvalue weighted by Gasteiger charge is 2.03. The molecule has 0 spiro atoms. The first-order valence-electron chi connectivity index (χ1n) is 6.34. The molecule has 0 radical (unpaired) electrons. The minimum Gasteiger partial charge on any atom is -0.396 e. The Morgan fingerprint density at radius 3 is 2.42 bits per heavy atom. The number of anilines is 2. The van der Waals surface area contributed by atoms with Crippen molar-refractivity contribution in [3.05, 3.63) is 5.28 Å². The molecule has 0 aromatic carbocycles. The number of aliphatic hydroxyl groups is 1. The van der Waals surface area contributed by atoms with Crippen molar-refractivity contribution in [1.82, 2.24) is 15.0 Å². The third-order valence-electron chi connectivity index (χ3n) is 2.12. The number of thioether (sulfide) groups is 1. The molecule has 1 aromatic heterocycles. The quantitative estimate of drug-likeness (QED) is 0.569. The van der Waals surface area contributed by atoms with Crippen molar-refractivity contribution in [1.29, 1.82) is 0 Å². The molecular weight excluding hydrogens is 286 g/mol. The highest BCUT2D eigenvalue weighted by atomic mass is 35.5. The zero-order valence-electron chi connectivity index (χ0n) is 11.0. The number of hydrogen-bond acceptors (Lipinski definition) is 7. The van der Waals surface area contributed by atoms with Gasteiger partial charge in [-0.3, -0.25) is 0 Å². The average Bonchev–Trinajstić information content (AvgIpc) is 2.40. The fraction of sp³-hybridized carbons (Fsp3) is 0.727. The fourth-order valence-electron chi connectivity index (χ4n) is 1.25. The number of aliphatic hydroxyl groups excluding tert-OH is 1. The minimum absolute atomic E-state index is 0.184. The van der Waals surface area contributed by atoms with Crippen molar-refractivity contribution < 1.29 is 5.11 Å². The molecule has 6 nitrogen and oxygen atoms in total. The third kappa shape index (κ3) is 7.39. The lowest BCUT2D eigenvalue weighted by Gasteiger charge is -2.07. The predicted octanol–water partition coefficient (Wildman–Crippen LogP) is 1.87. The van der Waals surface area contributed by atoms with E-state index in [-0.39, 0.29) is 11.9 Å². The van der Waals surface area contributed by atoms with Crippen LogP contribution in [0.3, 0.4) is 0 Å². The van der Waals surface area contributed by atoms with E-state index in [9.17, 15) is 0 Å². The van der Waals surface area contributed by atoms with E-state index in [1.54, 1.807) is 11.8 Å². The second-order valence-electron chi connectivity index (χ2n) is 3.79. The van der Waals surface area contributed by atoms with Crippen molar-refractivity contribution in [3.8, 4) is 0 Å². The molecule has 8 heteroatoms. The molecule has 0 atom stereocenters. The highest BCUT2D eigenvalue weighted by molar-refractivity contribution is 7.99. The van der Waals surface area contributed by atoms with Crippen molar-refractivity contribution >= 4 is 35.3 Å². The maximum atomic E-state index is 8.66. The average molecular weight is 306 g/mol. The van der Waals surface area contributed by atoms with Crippen molar-refractivity contribution in [3.63, 3.8) is 0 Å². The van der Waals surface area contributed by atoms with E-state index >= 15 is 0 Å². The van der Waals surface area contributed by atoms with Crippen molar-refractivity contribution in [2.75, 3.05) is 41.8 Å². The molecule has 0 unspecified atom stereocenters. The standard InChI is InChI=1S/C11H20ClN5OS/c1-2-4-13-10-15-9(12)16-11(17-10)14-5-8-19-7-3-6-18/h18H,2-8H2,1H3,(H2,13,14,15,16,17). The summed E-state index contributed by atoms with van der Waals surface area (Å²) in [4.78, 5) is 12.2. The number of halogens is 1. The molecule has 1 heterocycles. The Morgan fingerprint density at radius 2 is 1.79 bits per heavy atom. The van der Waals surface area contributed by atoms with Crippen LogP contribution in [-0.4, -0.2) is 51.3 Å². The van der Waals surface area contributed by atoms with Crippen molar-refractivity contribution in [2.24, 2.45) is 0 Å². The molecule has 1 rings (SSSR count). The van der Waals surface area contributed by atoms with E-state index in [1.807, 2.05) is 0 Å². The minimum atomic E-state index is 0.184. The van der Waals surface area contributed by atoms with Gasteiger partial charge in [0.15, 0.2) is 0 Å². The van der Waals surface area contributed by atoms with Crippen LogP contribution in [0.1, 0.15) is 19.8 Å². The Labute approximate surface area is 122 Å². The maximum absolute atomic E-state index is 8.66. The molecule has 0 aliphatic rings. The van der Waals surface area contributed by atoms with Crippen LogP contribution in [0.5, 0.6) is 0 Å². The summed E-state index contributed by atoms with van der Waals surface area (Å²) in [7, 11) is 0. The summed E-state index contributed by atoms with van der Waals surface area (Å²) in [5.74, 6) is 2.87. The summed E-state index contributed by atoms with van der Waals surface area (Å²) in [6.45, 7) is 3.87. The van der Waals surface area contributed by atoms with E-state index < -0.39 is 0 Å². The van der Waals surface area contributed by atoms with E-state index in [0.717, 1.165) is 37.4 Å². The highest BCUT2D eigenvalue weighted by Crippen LogP contribution is 2.10. The lowest BCUT2D eigenvalue weighted by atomic mass is 10.5. The smallest absolute Gasteiger partial charge is 0.228 e. The van der Waals surface area contributed by atoms with Gasteiger partial charge < -0.3 is 15.7 Å². The van der Waals surface area contributed by atoms with Gasteiger partial charge in [-0.05, 0) is 30.2 Å². The Kier molecular flexibility index (Phi) is 8.61. The normalized spacial score (nSPS) is 10.5. The van der Waals surface area contributed by atoms with Gasteiger partial charge in [0, 0.05) is 25.4 Å². The van der Waals surface area contributed by atoms with Gasteiger partial charge in [0.05, 0.1) is 0 Å². The third-order valence-corrected chi connectivity index (χ3v) is 3.36. The molecular formula is C11H20ClN5OS. The van der Waals surface area contributed by atoms with Crippen LogP contribution in [0.4, 0.5) is 11.9 Å². The molecule has 3 N–H and O–H groups in total. The molecule has 0 saturated heterocycles. The first-order valence-corrected chi connectivity index (χ1v) is 7.87. The maximum Gasteiger partial charge on any atom is 0.228 e. The summed E-state index contributed by atoms with van der Waals surface area (Å²) in [5, 5.41) is 15.0. The molecule has 0 amide bonds. The Hall–Kier alpha value is -0.790. The summed E-state index contributed by atoms with van der Waals surface area (Å²) >= 11 is 7.61. The zero-order valence-corrected chi connectivity index (χ0v) is 12.6. The van der Waals surface area contributed by atoms with Gasteiger partial charge in [-0.15, -0.1) is 0 Å². The summed E-state index contributed by atoms with van der Waals surface area (Å²) < 4.78 is 0. The van der Waals surface area contributed by atoms with Crippen LogP contribution in [0.2, 0.25) is 5.28 Å². The molecule has 19 heavy (non-hydrogen) atoms. The predicted molar refractivity (Wildman–Crippen MR) is 81.1 cm³/mol. The molecule has 1 aromatic rings. The second kappa shape index (κ2) is 10.1. The number of aromatic nitrogens is 3.